The van der Waals surface area contributed by atoms with Crippen LogP contribution >= 0.6 is 0 Å². The lowest BCUT2D eigenvalue weighted by atomic mass is 10.0. The van der Waals surface area contributed by atoms with Gasteiger partial charge in [-0.1, -0.05) is 12.1 Å². The number of phenols is 1. The van der Waals surface area contributed by atoms with Gasteiger partial charge in [-0.3, -0.25) is 4.79 Å². The van der Waals surface area contributed by atoms with Gasteiger partial charge in [0.1, 0.15) is 17.6 Å². The summed E-state index contributed by atoms with van der Waals surface area (Å²) in [6.07, 6.45) is 2.15. The van der Waals surface area contributed by atoms with E-state index in [0.29, 0.717) is 12.2 Å². The van der Waals surface area contributed by atoms with E-state index < -0.39 is 0 Å². The third-order valence-corrected chi connectivity index (χ3v) is 3.28. The lowest BCUT2D eigenvalue weighted by Crippen LogP contribution is -2.23. The molecule has 0 unspecified atom stereocenters. The molecule has 3 rings (SSSR count). The predicted octanol–water partition coefficient (Wildman–Crippen LogP) is 2.68. The van der Waals surface area contributed by atoms with Crippen molar-refractivity contribution < 1.29 is 14.3 Å². The first kappa shape index (κ1) is 12.5. The number of amides is 1. The number of phenolic OH excluding ortho intramolecular Hbond substituents is 1. The molecule has 1 aromatic heterocycles. The Kier molecular flexibility index (Phi) is 3.02. The third kappa shape index (κ3) is 2.18. The standard InChI is InChI=1S/C15H14N2O3/c1-10(18)17-14(15-6-3-7-20-15)9-13(16-17)11-4-2-5-12(19)8-11/h2-8,14,19H,9H2,1H3/t14-/m1/s1. The van der Waals surface area contributed by atoms with Crippen LogP contribution in [0.4, 0.5) is 0 Å². The molecule has 0 saturated heterocycles. The van der Waals surface area contributed by atoms with Gasteiger partial charge in [-0.2, -0.15) is 5.10 Å². The molecule has 0 radical (unpaired) electrons. The number of benzene rings is 1. The quantitative estimate of drug-likeness (QED) is 0.912. The number of hydrogen-bond acceptors (Lipinski definition) is 4. The fraction of sp³-hybridized carbons (Fsp3) is 0.200. The first-order valence-electron chi connectivity index (χ1n) is 6.35. The molecule has 5 heteroatoms. The van der Waals surface area contributed by atoms with Crippen LogP contribution < -0.4 is 0 Å². The van der Waals surface area contributed by atoms with Crippen molar-refractivity contribution in [3.05, 3.63) is 54.0 Å². The molecule has 0 fully saturated rings. The van der Waals surface area contributed by atoms with Crippen molar-refractivity contribution >= 4 is 11.6 Å². The van der Waals surface area contributed by atoms with Crippen LogP contribution in [0.1, 0.15) is 30.7 Å². The van der Waals surface area contributed by atoms with Crippen LogP contribution in [0, 0.1) is 0 Å². The minimum atomic E-state index is -0.222. The lowest BCUT2D eigenvalue weighted by Gasteiger charge is -2.17. The Morgan fingerprint density at radius 3 is 2.90 bits per heavy atom. The van der Waals surface area contributed by atoms with Crippen LogP contribution in [0.25, 0.3) is 0 Å². The van der Waals surface area contributed by atoms with Gasteiger partial charge < -0.3 is 9.52 Å². The third-order valence-electron chi connectivity index (χ3n) is 3.28. The van der Waals surface area contributed by atoms with E-state index in [1.54, 1.807) is 30.5 Å². The van der Waals surface area contributed by atoms with Gasteiger partial charge in [0.2, 0.25) is 5.91 Å². The molecule has 1 aliphatic rings. The summed E-state index contributed by atoms with van der Waals surface area (Å²) in [5.74, 6) is 0.752. The molecule has 1 aromatic carbocycles. The maximum absolute atomic E-state index is 11.7. The maximum atomic E-state index is 11.7. The van der Waals surface area contributed by atoms with Gasteiger partial charge in [0.25, 0.3) is 0 Å². The summed E-state index contributed by atoms with van der Waals surface area (Å²) in [6.45, 7) is 1.48. The number of carbonyl (C=O) groups is 1. The Hall–Kier alpha value is -2.56. The average Bonchev–Trinajstić information content (AvgIpc) is 3.08. The van der Waals surface area contributed by atoms with E-state index in [4.69, 9.17) is 4.42 Å². The van der Waals surface area contributed by atoms with Gasteiger partial charge in [0, 0.05) is 18.9 Å². The number of nitrogens with zero attached hydrogens (tertiary/aromatic N) is 2. The van der Waals surface area contributed by atoms with Crippen LogP contribution in [0.5, 0.6) is 5.75 Å². The number of hydrazone groups is 1. The largest absolute Gasteiger partial charge is 0.508 e. The van der Waals surface area contributed by atoms with E-state index in [1.807, 2.05) is 12.1 Å². The van der Waals surface area contributed by atoms with Crippen LogP contribution in [0.3, 0.4) is 0 Å². The molecular weight excluding hydrogens is 256 g/mol. The summed E-state index contributed by atoms with van der Waals surface area (Å²) in [5, 5.41) is 15.3. The first-order chi connectivity index (χ1) is 9.65. The molecule has 102 valence electrons. The molecule has 0 spiro atoms. The SMILES string of the molecule is CC(=O)N1N=C(c2cccc(O)c2)C[C@@H]1c1ccco1. The Morgan fingerprint density at radius 1 is 1.40 bits per heavy atom. The lowest BCUT2D eigenvalue weighted by molar-refractivity contribution is -0.130. The van der Waals surface area contributed by atoms with Crippen LogP contribution in [0.2, 0.25) is 0 Å². The Labute approximate surface area is 116 Å². The Balaban J connectivity index is 1.95. The van der Waals surface area contributed by atoms with Crippen LogP contribution in [0.15, 0.2) is 52.2 Å². The second kappa shape index (κ2) is 4.85. The van der Waals surface area contributed by atoms with Crippen molar-refractivity contribution in [1.29, 1.82) is 0 Å². The van der Waals surface area contributed by atoms with Gasteiger partial charge >= 0.3 is 0 Å². The van der Waals surface area contributed by atoms with E-state index in [-0.39, 0.29) is 17.7 Å². The molecule has 20 heavy (non-hydrogen) atoms. The average molecular weight is 270 g/mol. The van der Waals surface area contributed by atoms with Crippen molar-refractivity contribution in [2.24, 2.45) is 5.10 Å². The van der Waals surface area contributed by atoms with Crippen molar-refractivity contribution in [2.45, 2.75) is 19.4 Å². The second-order valence-corrected chi connectivity index (χ2v) is 4.70. The van der Waals surface area contributed by atoms with Gasteiger partial charge in [-0.05, 0) is 24.3 Å². The number of furan rings is 1. The molecule has 2 aromatic rings. The minimum absolute atomic E-state index is 0.137. The second-order valence-electron chi connectivity index (χ2n) is 4.70. The molecule has 2 heterocycles. The molecule has 1 atom stereocenters. The number of carbonyl (C=O) groups excluding carboxylic acids is 1. The van der Waals surface area contributed by atoms with E-state index in [1.165, 1.54) is 11.9 Å². The predicted molar refractivity (Wildman–Crippen MR) is 73.2 cm³/mol. The van der Waals surface area contributed by atoms with E-state index in [2.05, 4.69) is 5.10 Å². The zero-order chi connectivity index (χ0) is 14.1. The van der Waals surface area contributed by atoms with Crippen molar-refractivity contribution in [3.63, 3.8) is 0 Å². The zero-order valence-corrected chi connectivity index (χ0v) is 11.0. The molecule has 1 N–H and O–H groups in total. The summed E-state index contributed by atoms with van der Waals surface area (Å²) >= 11 is 0. The molecule has 5 nitrogen and oxygen atoms in total. The van der Waals surface area contributed by atoms with Gasteiger partial charge in [-0.15, -0.1) is 0 Å². The maximum Gasteiger partial charge on any atom is 0.240 e. The molecule has 1 amide bonds. The number of aromatic hydroxyl groups is 1. The topological polar surface area (TPSA) is 66.0 Å². The summed E-state index contributed by atoms with van der Waals surface area (Å²) in [7, 11) is 0. The van der Waals surface area contributed by atoms with E-state index in [0.717, 1.165) is 11.3 Å². The highest BCUT2D eigenvalue weighted by atomic mass is 16.3. The van der Waals surface area contributed by atoms with Gasteiger partial charge in [0.05, 0.1) is 12.0 Å². The summed E-state index contributed by atoms with van der Waals surface area (Å²) in [5.41, 5.74) is 1.57. The summed E-state index contributed by atoms with van der Waals surface area (Å²) in [6, 6.07) is 10.3. The normalized spacial score (nSPS) is 18.1. The summed E-state index contributed by atoms with van der Waals surface area (Å²) in [4.78, 5) is 11.7. The molecule has 0 aliphatic carbocycles. The highest BCUT2D eigenvalue weighted by Gasteiger charge is 2.33. The van der Waals surface area contributed by atoms with Crippen LogP contribution in [-0.4, -0.2) is 21.7 Å². The Morgan fingerprint density at radius 2 is 2.25 bits per heavy atom. The Bertz CT molecular complexity index is 662. The molecule has 0 bridgehead atoms. The van der Waals surface area contributed by atoms with Gasteiger partial charge in [0.15, 0.2) is 0 Å². The zero-order valence-electron chi connectivity index (χ0n) is 11.0. The highest BCUT2D eigenvalue weighted by molar-refractivity contribution is 6.03. The fourth-order valence-electron chi connectivity index (χ4n) is 2.36. The monoisotopic (exact) mass is 270 g/mol. The van der Waals surface area contributed by atoms with Crippen molar-refractivity contribution in [2.75, 3.05) is 0 Å². The number of rotatable bonds is 2. The van der Waals surface area contributed by atoms with E-state index in [9.17, 15) is 9.90 Å². The number of hydrogen-bond donors (Lipinski definition) is 1. The smallest absolute Gasteiger partial charge is 0.240 e. The van der Waals surface area contributed by atoms with Crippen LogP contribution in [-0.2, 0) is 4.79 Å². The fourth-order valence-corrected chi connectivity index (χ4v) is 2.36. The molecular formula is C15H14N2O3. The highest BCUT2D eigenvalue weighted by Crippen LogP contribution is 2.33. The first-order valence-corrected chi connectivity index (χ1v) is 6.35. The minimum Gasteiger partial charge on any atom is -0.508 e. The summed E-state index contributed by atoms with van der Waals surface area (Å²) < 4.78 is 5.39. The van der Waals surface area contributed by atoms with Gasteiger partial charge in [-0.25, -0.2) is 5.01 Å². The molecule has 0 saturated carbocycles. The van der Waals surface area contributed by atoms with Crippen molar-refractivity contribution in [1.82, 2.24) is 5.01 Å². The van der Waals surface area contributed by atoms with Crippen molar-refractivity contribution in [3.8, 4) is 5.75 Å². The van der Waals surface area contributed by atoms with E-state index >= 15 is 0 Å². The molecule has 1 aliphatic heterocycles.